The number of nitrogens with zero attached hydrogens (tertiary/aromatic N) is 3. The molecule has 0 radical (unpaired) electrons. The van der Waals surface area contributed by atoms with Crippen molar-refractivity contribution in [1.29, 1.82) is 0 Å². The largest absolute Gasteiger partial charge is 0.383 e. The average Bonchev–Trinajstić information content (AvgIpc) is 3.13. The third kappa shape index (κ3) is 4.64. The predicted octanol–water partition coefficient (Wildman–Crippen LogP) is 1.74. The monoisotopic (exact) mass is 308 g/mol. The van der Waals surface area contributed by atoms with E-state index in [1.807, 2.05) is 19.4 Å². The Hall–Kier alpha value is -1.21. The van der Waals surface area contributed by atoms with E-state index < -0.39 is 0 Å². The van der Waals surface area contributed by atoms with Crippen LogP contribution < -0.4 is 5.32 Å². The normalized spacial score (nSPS) is 13.0. The minimum atomic E-state index is 0.154. The van der Waals surface area contributed by atoms with Gasteiger partial charge in [0, 0.05) is 51.1 Å². The van der Waals surface area contributed by atoms with Gasteiger partial charge in [-0.1, -0.05) is 6.07 Å². The molecule has 2 aromatic heterocycles. The number of aromatic nitrogens is 2. The van der Waals surface area contributed by atoms with E-state index in [9.17, 15) is 0 Å². The molecule has 5 nitrogen and oxygen atoms in total. The molecule has 1 atom stereocenters. The van der Waals surface area contributed by atoms with Gasteiger partial charge < -0.3 is 19.5 Å². The van der Waals surface area contributed by atoms with Crippen LogP contribution >= 0.6 is 11.3 Å². The van der Waals surface area contributed by atoms with Gasteiger partial charge in [-0.3, -0.25) is 0 Å². The zero-order valence-electron chi connectivity index (χ0n) is 13.0. The SMILES string of the molecule is COCCN(C)CCNC(c1cccs1)c1nccn1C. The molecule has 1 N–H and O–H groups in total. The van der Waals surface area contributed by atoms with Gasteiger partial charge in [-0.05, 0) is 18.5 Å². The molecule has 2 aromatic rings. The number of imidazole rings is 1. The van der Waals surface area contributed by atoms with Crippen LogP contribution in [0.5, 0.6) is 0 Å². The minimum Gasteiger partial charge on any atom is -0.383 e. The fraction of sp³-hybridized carbons (Fsp3) is 0.533. The van der Waals surface area contributed by atoms with E-state index >= 15 is 0 Å². The molecule has 0 saturated carbocycles. The summed E-state index contributed by atoms with van der Waals surface area (Å²) < 4.78 is 7.18. The molecule has 0 fully saturated rings. The van der Waals surface area contributed by atoms with E-state index in [1.165, 1.54) is 4.88 Å². The highest BCUT2D eigenvalue weighted by atomic mass is 32.1. The Morgan fingerprint density at radius 2 is 2.33 bits per heavy atom. The molecule has 6 heteroatoms. The van der Waals surface area contributed by atoms with Crippen LogP contribution in [0.1, 0.15) is 16.7 Å². The summed E-state index contributed by atoms with van der Waals surface area (Å²) in [5, 5.41) is 5.73. The molecule has 0 amide bonds. The Morgan fingerprint density at radius 3 is 2.95 bits per heavy atom. The fourth-order valence-electron chi connectivity index (χ4n) is 2.19. The summed E-state index contributed by atoms with van der Waals surface area (Å²) in [7, 11) is 5.89. The molecule has 0 aromatic carbocycles. The number of likely N-dealkylation sites (N-methyl/N-ethyl adjacent to an activating group) is 1. The maximum absolute atomic E-state index is 5.10. The lowest BCUT2D eigenvalue weighted by Gasteiger charge is -2.20. The second-order valence-electron chi connectivity index (χ2n) is 5.09. The van der Waals surface area contributed by atoms with Gasteiger partial charge >= 0.3 is 0 Å². The quantitative estimate of drug-likeness (QED) is 0.766. The fourth-order valence-corrected chi connectivity index (χ4v) is 2.98. The van der Waals surface area contributed by atoms with Crippen molar-refractivity contribution in [2.24, 2.45) is 7.05 Å². The van der Waals surface area contributed by atoms with E-state index in [1.54, 1.807) is 18.4 Å². The standard InChI is InChI=1S/C15H24N4OS/c1-18(10-11-20-3)8-6-16-14(13-5-4-12-21-13)15-17-7-9-19(15)2/h4-5,7,9,12,14,16H,6,8,10-11H2,1-3H3. The van der Waals surface area contributed by atoms with Crippen molar-refractivity contribution in [1.82, 2.24) is 19.8 Å². The summed E-state index contributed by atoms with van der Waals surface area (Å²) in [6, 6.07) is 4.40. The molecule has 21 heavy (non-hydrogen) atoms. The van der Waals surface area contributed by atoms with E-state index in [4.69, 9.17) is 4.74 Å². The van der Waals surface area contributed by atoms with Crippen LogP contribution in [-0.2, 0) is 11.8 Å². The van der Waals surface area contributed by atoms with Crippen molar-refractivity contribution in [2.45, 2.75) is 6.04 Å². The highest BCUT2D eigenvalue weighted by Crippen LogP contribution is 2.24. The smallest absolute Gasteiger partial charge is 0.131 e. The first kappa shape index (κ1) is 16.2. The van der Waals surface area contributed by atoms with Crippen LogP contribution in [0.15, 0.2) is 29.9 Å². The van der Waals surface area contributed by atoms with Gasteiger partial charge in [0.25, 0.3) is 0 Å². The lowest BCUT2D eigenvalue weighted by atomic mass is 10.2. The van der Waals surface area contributed by atoms with Crippen molar-refractivity contribution in [3.63, 3.8) is 0 Å². The van der Waals surface area contributed by atoms with Gasteiger partial charge in [-0.2, -0.15) is 0 Å². The van der Waals surface area contributed by atoms with E-state index in [0.29, 0.717) is 0 Å². The number of rotatable bonds is 9. The number of hydrogen-bond donors (Lipinski definition) is 1. The van der Waals surface area contributed by atoms with Gasteiger partial charge in [0.2, 0.25) is 0 Å². The van der Waals surface area contributed by atoms with E-state index in [0.717, 1.165) is 32.1 Å². The van der Waals surface area contributed by atoms with Crippen molar-refractivity contribution in [3.05, 3.63) is 40.6 Å². The predicted molar refractivity (Wildman–Crippen MR) is 86.7 cm³/mol. The number of aryl methyl sites for hydroxylation is 1. The maximum Gasteiger partial charge on any atom is 0.131 e. The molecule has 0 aliphatic carbocycles. The second-order valence-corrected chi connectivity index (χ2v) is 6.07. The molecule has 0 bridgehead atoms. The minimum absolute atomic E-state index is 0.154. The first-order valence-corrected chi connectivity index (χ1v) is 8.02. The molecule has 2 rings (SSSR count). The Labute approximate surface area is 130 Å². The van der Waals surface area contributed by atoms with Crippen molar-refractivity contribution in [2.75, 3.05) is 40.4 Å². The average molecular weight is 308 g/mol. The summed E-state index contributed by atoms with van der Waals surface area (Å²) >= 11 is 1.76. The van der Waals surface area contributed by atoms with Crippen molar-refractivity contribution < 1.29 is 4.74 Å². The molecule has 0 aliphatic heterocycles. The molecular formula is C15H24N4OS. The molecule has 116 valence electrons. The lowest BCUT2D eigenvalue weighted by molar-refractivity contribution is 0.161. The Bertz CT molecular complexity index is 511. The zero-order valence-corrected chi connectivity index (χ0v) is 13.8. The molecule has 0 aliphatic rings. The molecular weight excluding hydrogens is 284 g/mol. The van der Waals surface area contributed by atoms with Crippen LogP contribution in [0.2, 0.25) is 0 Å². The maximum atomic E-state index is 5.10. The van der Waals surface area contributed by atoms with Crippen LogP contribution in [0, 0.1) is 0 Å². The highest BCUT2D eigenvalue weighted by molar-refractivity contribution is 7.10. The zero-order chi connectivity index (χ0) is 15.1. The van der Waals surface area contributed by atoms with Gasteiger partial charge in [0.15, 0.2) is 0 Å². The van der Waals surface area contributed by atoms with Gasteiger partial charge in [-0.25, -0.2) is 4.98 Å². The summed E-state index contributed by atoms with van der Waals surface area (Å²) in [5.74, 6) is 1.05. The Kier molecular flexibility index (Phi) is 6.38. The third-order valence-electron chi connectivity index (χ3n) is 3.46. The summed E-state index contributed by atoms with van der Waals surface area (Å²) in [6.07, 6.45) is 3.84. The van der Waals surface area contributed by atoms with Gasteiger partial charge in [0.1, 0.15) is 11.9 Å². The number of hydrogen-bond acceptors (Lipinski definition) is 5. The first-order chi connectivity index (χ1) is 10.2. The van der Waals surface area contributed by atoms with Gasteiger partial charge in [0.05, 0.1) is 6.61 Å². The molecule has 1 unspecified atom stereocenters. The third-order valence-corrected chi connectivity index (χ3v) is 4.40. The van der Waals surface area contributed by atoms with Crippen LogP contribution in [-0.4, -0.2) is 54.8 Å². The summed E-state index contributed by atoms with van der Waals surface area (Å²) in [5.41, 5.74) is 0. The first-order valence-electron chi connectivity index (χ1n) is 7.14. The van der Waals surface area contributed by atoms with Crippen LogP contribution in [0.25, 0.3) is 0 Å². The molecule has 0 saturated heterocycles. The van der Waals surface area contributed by atoms with Crippen molar-refractivity contribution in [3.8, 4) is 0 Å². The van der Waals surface area contributed by atoms with Crippen LogP contribution in [0.4, 0.5) is 0 Å². The topological polar surface area (TPSA) is 42.3 Å². The summed E-state index contributed by atoms with van der Waals surface area (Å²) in [4.78, 5) is 8.05. The number of methoxy groups -OCH3 is 1. The molecule has 0 spiro atoms. The molecule has 2 heterocycles. The highest BCUT2D eigenvalue weighted by Gasteiger charge is 2.18. The van der Waals surface area contributed by atoms with Crippen molar-refractivity contribution >= 4 is 11.3 Å². The Balaban J connectivity index is 1.94. The number of thiophene rings is 1. The summed E-state index contributed by atoms with van der Waals surface area (Å²) in [6.45, 7) is 3.61. The second kappa shape index (κ2) is 8.29. The lowest BCUT2D eigenvalue weighted by Crippen LogP contribution is -2.34. The van der Waals surface area contributed by atoms with Gasteiger partial charge in [-0.15, -0.1) is 11.3 Å². The van der Waals surface area contributed by atoms with E-state index in [2.05, 4.69) is 44.3 Å². The van der Waals surface area contributed by atoms with Crippen LogP contribution in [0.3, 0.4) is 0 Å². The number of ether oxygens (including phenoxy) is 1. The Morgan fingerprint density at radius 1 is 1.48 bits per heavy atom. The number of nitrogens with one attached hydrogen (secondary N) is 1. The van der Waals surface area contributed by atoms with E-state index in [-0.39, 0.29) is 6.04 Å².